The maximum absolute atomic E-state index is 6.01. The van der Waals surface area contributed by atoms with Crippen molar-refractivity contribution in [1.82, 2.24) is 0 Å². The van der Waals surface area contributed by atoms with E-state index in [1.54, 1.807) is 15.2 Å². The van der Waals surface area contributed by atoms with Gasteiger partial charge in [-0.05, 0) is 0 Å². The summed E-state index contributed by atoms with van der Waals surface area (Å²) in [6.07, 6.45) is 7.03. The third kappa shape index (κ3) is 10.4. The fourth-order valence-electron chi connectivity index (χ4n) is 3.64. The van der Waals surface area contributed by atoms with Gasteiger partial charge >= 0.3 is 262 Å². The molecule has 2 atom stereocenters. The Labute approximate surface area is 259 Å². The molecule has 0 aliphatic carbocycles. The van der Waals surface area contributed by atoms with Gasteiger partial charge in [0.2, 0.25) is 0 Å². The second-order valence-corrected chi connectivity index (χ2v) is 26.3. The quantitative estimate of drug-likeness (QED) is 0.174. The van der Waals surface area contributed by atoms with Gasteiger partial charge in [0, 0.05) is 0 Å². The van der Waals surface area contributed by atoms with Crippen LogP contribution in [0.15, 0.2) is 22.0 Å². The van der Waals surface area contributed by atoms with Gasteiger partial charge in [-0.2, -0.15) is 0 Å². The first-order valence-corrected chi connectivity index (χ1v) is 23.5. The number of hydrogen-bond acceptors (Lipinski definition) is 8. The molecule has 0 aromatic rings. The Kier molecular flexibility index (Phi) is 15.9. The molecule has 4 heterocycles. The molecule has 4 aliphatic rings. The zero-order valence-electron chi connectivity index (χ0n) is 21.0. The number of ether oxygens (including phenoxy) is 4. The molecule has 36 heavy (non-hydrogen) atoms. The van der Waals surface area contributed by atoms with Crippen molar-refractivity contribution >= 4 is 107 Å². The summed E-state index contributed by atoms with van der Waals surface area (Å²) in [6.45, 7) is 7.93. The van der Waals surface area contributed by atoms with Crippen LogP contribution in [0.3, 0.4) is 0 Å². The van der Waals surface area contributed by atoms with E-state index in [0.717, 1.165) is 50.8 Å². The van der Waals surface area contributed by atoms with E-state index in [-0.39, 0.29) is 12.6 Å². The average molecular weight is 833 g/mol. The van der Waals surface area contributed by atoms with Crippen molar-refractivity contribution in [1.29, 1.82) is 0 Å². The van der Waals surface area contributed by atoms with Crippen LogP contribution >= 0.6 is 47.0 Å². The Balaban J connectivity index is 1.25. The first kappa shape index (κ1) is 31.5. The summed E-state index contributed by atoms with van der Waals surface area (Å²) >= 11 is 10.5. The summed E-state index contributed by atoms with van der Waals surface area (Å²) in [4.78, 5) is 0. The Bertz CT molecular complexity index is 735. The molecule has 12 heteroatoms. The fraction of sp³-hybridized carbons (Fsp3) is 0.750. The third-order valence-electron chi connectivity index (χ3n) is 5.31. The minimum absolute atomic E-state index is 0.0368. The molecular weight excluding hydrogens is 796 g/mol. The van der Waals surface area contributed by atoms with Gasteiger partial charge < -0.3 is 0 Å². The molecule has 0 bridgehead atoms. The summed E-state index contributed by atoms with van der Waals surface area (Å²) < 4.78 is 34.0. The van der Waals surface area contributed by atoms with Crippen molar-refractivity contribution in [2.24, 2.45) is 0 Å². The van der Waals surface area contributed by atoms with E-state index in [1.165, 1.54) is 37.2 Å². The van der Waals surface area contributed by atoms with Crippen molar-refractivity contribution in [3.63, 3.8) is 0 Å². The number of thioether (sulfide) groups is 4. The molecule has 4 aliphatic heterocycles. The third-order valence-corrected chi connectivity index (χ3v) is 28.7. The molecule has 4 nitrogen and oxygen atoms in total. The summed E-state index contributed by atoms with van der Waals surface area (Å²) in [5, 5.41) is 0. The van der Waals surface area contributed by atoms with Crippen molar-refractivity contribution < 1.29 is 18.9 Å². The Morgan fingerprint density at radius 2 is 1.06 bits per heavy atom. The van der Waals surface area contributed by atoms with E-state index in [9.17, 15) is 0 Å². The number of rotatable bonds is 14. The van der Waals surface area contributed by atoms with E-state index in [2.05, 4.69) is 60.9 Å². The van der Waals surface area contributed by atoms with Crippen LogP contribution in [-0.4, -0.2) is 122 Å². The van der Waals surface area contributed by atoms with Crippen molar-refractivity contribution in [3.8, 4) is 0 Å². The first-order chi connectivity index (χ1) is 17.8. The van der Waals surface area contributed by atoms with Crippen LogP contribution in [-0.2, 0) is 18.9 Å². The normalized spacial score (nSPS) is 27.5. The molecule has 0 aromatic carbocycles. The molecule has 0 N–H and O–H groups in total. The van der Waals surface area contributed by atoms with Gasteiger partial charge in [-0.3, -0.25) is 0 Å². The zero-order valence-corrected chi connectivity index (χ0v) is 31.1. The van der Waals surface area contributed by atoms with E-state index in [4.69, 9.17) is 18.9 Å². The Morgan fingerprint density at radius 1 is 0.639 bits per heavy atom. The molecule has 0 amide bonds. The van der Waals surface area contributed by atoms with E-state index in [1.807, 2.05) is 6.74 Å². The standard InChI is InChI=1S/C24H36O4S4Se4/c1-3-29-19-21(31-15-13-27-17-9-5-7-11-25-17)35-23(33-19)24-34-20(30-4-2)22(36-24)32-16-14-28-18-10-6-8-12-26-18/h17-18H,3-16H2,1-2H3/b24-23+. The van der Waals surface area contributed by atoms with Crippen LogP contribution in [0.2, 0.25) is 0 Å². The van der Waals surface area contributed by atoms with E-state index < -0.39 is 0 Å². The molecular formula is C24H36O4S4Se4. The first-order valence-electron chi connectivity index (χ1n) is 12.7. The molecule has 2 unspecified atom stereocenters. The van der Waals surface area contributed by atoms with Crippen molar-refractivity contribution in [2.75, 3.05) is 49.4 Å². The minimum atomic E-state index is 0.0368. The molecule has 204 valence electrons. The summed E-state index contributed by atoms with van der Waals surface area (Å²) in [7, 11) is 0. The van der Waals surface area contributed by atoms with Crippen LogP contribution in [0, 0.1) is 0 Å². The summed E-state index contributed by atoms with van der Waals surface area (Å²) in [5.41, 5.74) is 0. The molecule has 0 aromatic heterocycles. The Morgan fingerprint density at radius 3 is 1.42 bits per heavy atom. The van der Waals surface area contributed by atoms with Crippen molar-refractivity contribution in [2.45, 2.75) is 65.0 Å². The summed E-state index contributed by atoms with van der Waals surface area (Å²) in [6, 6.07) is 0. The van der Waals surface area contributed by atoms with E-state index >= 15 is 0 Å². The van der Waals surface area contributed by atoms with Gasteiger partial charge in [-0.1, -0.05) is 0 Å². The second-order valence-electron chi connectivity index (χ2n) is 8.03. The van der Waals surface area contributed by atoms with Crippen molar-refractivity contribution in [3.05, 3.63) is 22.0 Å². The molecule has 4 rings (SSSR count). The second kappa shape index (κ2) is 18.2. The zero-order chi connectivity index (χ0) is 25.0. The SMILES string of the molecule is CCSC1=C(SCCOC2CCCCO2)[Se]/C(=C2\[Se]C(SCC)=C(SCCOC3CCCCO3)[Se]2)[Se]1. The van der Waals surface area contributed by atoms with Crippen LogP contribution in [0.25, 0.3) is 0 Å². The van der Waals surface area contributed by atoms with Gasteiger partial charge in [0.15, 0.2) is 0 Å². The fourth-order valence-corrected chi connectivity index (χ4v) is 29.9. The van der Waals surface area contributed by atoms with Gasteiger partial charge in [-0.15, -0.1) is 0 Å². The topological polar surface area (TPSA) is 36.9 Å². The molecule has 0 spiro atoms. The summed E-state index contributed by atoms with van der Waals surface area (Å²) in [5.74, 6) is 4.48. The van der Waals surface area contributed by atoms with Gasteiger partial charge in [0.1, 0.15) is 0 Å². The molecule has 2 saturated heterocycles. The molecule has 0 radical (unpaired) electrons. The van der Waals surface area contributed by atoms with Gasteiger partial charge in [0.05, 0.1) is 0 Å². The van der Waals surface area contributed by atoms with Crippen LogP contribution in [0.4, 0.5) is 0 Å². The molecule has 2 fully saturated rings. The maximum atomic E-state index is 6.01. The van der Waals surface area contributed by atoms with Gasteiger partial charge in [-0.25, -0.2) is 0 Å². The Hall–Kier alpha value is 2.54. The van der Waals surface area contributed by atoms with E-state index in [0.29, 0.717) is 59.8 Å². The van der Waals surface area contributed by atoms with Crippen LogP contribution in [0.5, 0.6) is 0 Å². The average Bonchev–Trinajstić information content (AvgIpc) is 3.50. The molecule has 0 saturated carbocycles. The monoisotopic (exact) mass is 836 g/mol. The predicted octanol–water partition coefficient (Wildman–Crippen LogP) is 5.27. The van der Waals surface area contributed by atoms with Crippen LogP contribution in [0.1, 0.15) is 52.4 Å². The number of hydrogen-bond donors (Lipinski definition) is 0. The van der Waals surface area contributed by atoms with Gasteiger partial charge in [0.25, 0.3) is 0 Å². The predicted molar refractivity (Wildman–Crippen MR) is 164 cm³/mol. The van der Waals surface area contributed by atoms with Crippen LogP contribution < -0.4 is 0 Å².